The van der Waals surface area contributed by atoms with Gasteiger partial charge in [0, 0.05) is 18.6 Å². The minimum absolute atomic E-state index is 0.0746. The summed E-state index contributed by atoms with van der Waals surface area (Å²) < 4.78 is 13.9. The van der Waals surface area contributed by atoms with E-state index in [-0.39, 0.29) is 11.5 Å². The van der Waals surface area contributed by atoms with Gasteiger partial charge in [-0.1, -0.05) is 19.9 Å². The molecule has 1 saturated carbocycles. The molecule has 2 unspecified atom stereocenters. The summed E-state index contributed by atoms with van der Waals surface area (Å²) in [7, 11) is 3.46. The second-order valence-electron chi connectivity index (χ2n) is 5.95. The fourth-order valence-electron chi connectivity index (χ4n) is 3.30. The summed E-state index contributed by atoms with van der Waals surface area (Å²) in [5.41, 5.74) is 2.14. The van der Waals surface area contributed by atoms with Crippen LogP contribution in [0.25, 0.3) is 11.0 Å². The molecule has 0 saturated heterocycles. The van der Waals surface area contributed by atoms with Gasteiger partial charge in [0.15, 0.2) is 4.77 Å². The van der Waals surface area contributed by atoms with Gasteiger partial charge in [-0.15, -0.1) is 0 Å². The van der Waals surface area contributed by atoms with E-state index in [1.54, 1.807) is 14.2 Å². The summed E-state index contributed by atoms with van der Waals surface area (Å²) in [4.78, 5) is 3.28. The van der Waals surface area contributed by atoms with E-state index in [0.29, 0.717) is 6.04 Å². The molecule has 0 spiro atoms. The fraction of sp³-hybridized carbons (Fsp3) is 0.533. The van der Waals surface area contributed by atoms with Gasteiger partial charge < -0.3 is 19.0 Å². The van der Waals surface area contributed by atoms with Gasteiger partial charge in [0.25, 0.3) is 0 Å². The molecular weight excluding hydrogens is 272 g/mol. The van der Waals surface area contributed by atoms with Crippen molar-refractivity contribution in [3.63, 3.8) is 0 Å². The van der Waals surface area contributed by atoms with Gasteiger partial charge in [0.05, 0.1) is 18.7 Å². The number of imidazole rings is 1. The Hall–Kier alpha value is -1.33. The molecule has 1 aromatic carbocycles. The molecule has 0 bridgehead atoms. The average molecular weight is 292 g/mol. The Balaban J connectivity index is 2.14. The van der Waals surface area contributed by atoms with Gasteiger partial charge in [-0.3, -0.25) is 0 Å². The van der Waals surface area contributed by atoms with Gasteiger partial charge in [0.1, 0.15) is 11.3 Å². The molecule has 1 aliphatic carbocycles. The smallest absolute Gasteiger partial charge is 0.178 e. The van der Waals surface area contributed by atoms with Crippen LogP contribution in [0.3, 0.4) is 0 Å². The molecule has 1 aliphatic rings. The van der Waals surface area contributed by atoms with Crippen LogP contribution in [0.1, 0.15) is 26.3 Å². The first kappa shape index (κ1) is 13.6. The maximum atomic E-state index is 5.54. The Morgan fingerprint density at radius 2 is 2.10 bits per heavy atom. The molecule has 5 heteroatoms. The third kappa shape index (κ3) is 1.73. The summed E-state index contributed by atoms with van der Waals surface area (Å²) in [5, 5.41) is 0. The van der Waals surface area contributed by atoms with E-state index in [2.05, 4.69) is 29.5 Å². The Bertz CT molecular complexity index is 701. The van der Waals surface area contributed by atoms with Gasteiger partial charge >= 0.3 is 0 Å². The highest BCUT2D eigenvalue weighted by atomic mass is 32.1. The lowest BCUT2D eigenvalue weighted by Gasteiger charge is -2.51. The molecule has 1 heterocycles. The van der Waals surface area contributed by atoms with Crippen LogP contribution in [0, 0.1) is 10.2 Å². The summed E-state index contributed by atoms with van der Waals surface area (Å²) >= 11 is 5.53. The molecule has 1 fully saturated rings. The first-order valence-corrected chi connectivity index (χ1v) is 7.21. The van der Waals surface area contributed by atoms with Crippen LogP contribution in [-0.4, -0.2) is 29.9 Å². The van der Waals surface area contributed by atoms with Crippen molar-refractivity contribution in [3.8, 4) is 5.75 Å². The molecule has 1 N–H and O–H groups in total. The Kier molecular flexibility index (Phi) is 3.14. The standard InChI is InChI=1S/C15H20N2O2S/c1-15(2)11(8-12(15)19-4)17-9-6-5-7-10(18-3)13(9)16-14(17)20/h5-7,11-12H,8H2,1-4H3,(H,16,20). The second-order valence-corrected chi connectivity index (χ2v) is 6.34. The molecular formula is C15H20N2O2S. The number of fused-ring (bicyclic) bond motifs is 1. The third-order valence-electron chi connectivity index (χ3n) is 4.66. The predicted octanol–water partition coefficient (Wildman–Crippen LogP) is 3.69. The number of rotatable bonds is 3. The Morgan fingerprint density at radius 1 is 1.35 bits per heavy atom. The van der Waals surface area contributed by atoms with Crippen LogP contribution in [0.15, 0.2) is 18.2 Å². The maximum absolute atomic E-state index is 5.54. The molecule has 2 aromatic rings. The zero-order valence-electron chi connectivity index (χ0n) is 12.3. The van der Waals surface area contributed by atoms with Crippen molar-refractivity contribution >= 4 is 23.3 Å². The lowest BCUT2D eigenvalue weighted by atomic mass is 9.64. The zero-order chi connectivity index (χ0) is 14.5. The fourth-order valence-corrected chi connectivity index (χ4v) is 3.63. The summed E-state index contributed by atoms with van der Waals surface area (Å²) in [6.45, 7) is 4.46. The molecule has 0 aliphatic heterocycles. The van der Waals surface area contributed by atoms with Crippen LogP contribution < -0.4 is 4.74 Å². The number of hydrogen-bond acceptors (Lipinski definition) is 3. The van der Waals surface area contributed by atoms with Crippen molar-refractivity contribution in [2.24, 2.45) is 5.41 Å². The Labute approximate surface area is 123 Å². The highest BCUT2D eigenvalue weighted by molar-refractivity contribution is 7.71. The van der Waals surface area contributed by atoms with Crippen LogP contribution in [0.2, 0.25) is 0 Å². The number of aromatic nitrogens is 2. The first-order valence-electron chi connectivity index (χ1n) is 6.80. The lowest BCUT2D eigenvalue weighted by molar-refractivity contribution is -0.111. The number of ether oxygens (including phenoxy) is 2. The largest absolute Gasteiger partial charge is 0.494 e. The van der Waals surface area contributed by atoms with E-state index >= 15 is 0 Å². The minimum Gasteiger partial charge on any atom is -0.494 e. The topological polar surface area (TPSA) is 39.2 Å². The Morgan fingerprint density at radius 3 is 2.70 bits per heavy atom. The number of benzene rings is 1. The summed E-state index contributed by atoms with van der Waals surface area (Å²) in [5.74, 6) is 0.827. The van der Waals surface area contributed by atoms with Crippen LogP contribution >= 0.6 is 12.2 Å². The van der Waals surface area contributed by atoms with E-state index in [4.69, 9.17) is 21.7 Å². The summed E-state index contributed by atoms with van der Waals surface area (Å²) in [6, 6.07) is 6.38. The second kappa shape index (κ2) is 4.60. The molecule has 0 amide bonds. The first-order chi connectivity index (χ1) is 9.50. The average Bonchev–Trinajstić information content (AvgIpc) is 2.74. The van der Waals surface area contributed by atoms with Crippen molar-refractivity contribution in [2.75, 3.05) is 14.2 Å². The monoisotopic (exact) mass is 292 g/mol. The summed E-state index contributed by atoms with van der Waals surface area (Å²) in [6.07, 6.45) is 1.27. The zero-order valence-corrected chi connectivity index (χ0v) is 13.1. The quantitative estimate of drug-likeness (QED) is 0.877. The number of nitrogens with zero attached hydrogens (tertiary/aromatic N) is 1. The normalized spacial score (nSPS) is 24.6. The SMILES string of the molecule is COc1cccc2c1[nH]c(=S)n2C1CC(OC)C1(C)C. The van der Waals surface area contributed by atoms with Gasteiger partial charge in [-0.05, 0) is 30.8 Å². The molecule has 1 aromatic heterocycles. The van der Waals surface area contributed by atoms with E-state index in [1.807, 2.05) is 12.1 Å². The van der Waals surface area contributed by atoms with Crippen molar-refractivity contribution in [3.05, 3.63) is 23.0 Å². The number of aromatic amines is 1. The van der Waals surface area contributed by atoms with Crippen LogP contribution in [0.5, 0.6) is 5.75 Å². The number of methoxy groups -OCH3 is 2. The van der Waals surface area contributed by atoms with Crippen molar-refractivity contribution in [2.45, 2.75) is 32.4 Å². The number of nitrogens with one attached hydrogen (secondary N) is 1. The van der Waals surface area contributed by atoms with Gasteiger partial charge in [-0.25, -0.2) is 0 Å². The van der Waals surface area contributed by atoms with Gasteiger partial charge in [0.2, 0.25) is 0 Å². The van der Waals surface area contributed by atoms with Crippen LogP contribution in [-0.2, 0) is 4.74 Å². The maximum Gasteiger partial charge on any atom is 0.178 e. The molecule has 20 heavy (non-hydrogen) atoms. The predicted molar refractivity (Wildman–Crippen MR) is 81.9 cm³/mol. The van der Waals surface area contributed by atoms with E-state index in [9.17, 15) is 0 Å². The van der Waals surface area contributed by atoms with E-state index < -0.39 is 0 Å². The molecule has 3 rings (SSSR count). The molecule has 0 radical (unpaired) electrons. The van der Waals surface area contributed by atoms with E-state index in [1.165, 1.54) is 0 Å². The molecule has 2 atom stereocenters. The highest BCUT2D eigenvalue weighted by Crippen LogP contribution is 2.52. The van der Waals surface area contributed by atoms with Crippen LogP contribution in [0.4, 0.5) is 0 Å². The molecule has 108 valence electrons. The van der Waals surface area contributed by atoms with Gasteiger partial charge in [-0.2, -0.15) is 0 Å². The van der Waals surface area contributed by atoms with E-state index in [0.717, 1.165) is 28.0 Å². The van der Waals surface area contributed by atoms with Crippen molar-refractivity contribution in [1.82, 2.24) is 9.55 Å². The van der Waals surface area contributed by atoms with Crippen molar-refractivity contribution in [1.29, 1.82) is 0 Å². The third-order valence-corrected chi connectivity index (χ3v) is 4.96. The highest BCUT2D eigenvalue weighted by Gasteiger charge is 2.50. The lowest BCUT2D eigenvalue weighted by Crippen LogP contribution is -2.51. The number of H-pyrrole nitrogens is 1. The number of para-hydroxylation sites is 1. The molecule has 4 nitrogen and oxygen atoms in total. The van der Waals surface area contributed by atoms with Crippen molar-refractivity contribution < 1.29 is 9.47 Å². The number of hydrogen-bond donors (Lipinski definition) is 1. The minimum atomic E-state index is 0.0746.